The van der Waals surface area contributed by atoms with Crippen molar-refractivity contribution in [1.82, 2.24) is 19.8 Å². The Morgan fingerprint density at radius 2 is 1.94 bits per heavy atom. The van der Waals surface area contributed by atoms with Crippen LogP contribution in [-0.2, 0) is 22.7 Å². The second-order valence-corrected chi connectivity index (χ2v) is 9.30. The lowest BCUT2D eigenvalue weighted by atomic mass is 9.92. The van der Waals surface area contributed by atoms with Gasteiger partial charge < -0.3 is 19.2 Å². The molecule has 2 aromatic heterocycles. The zero-order chi connectivity index (χ0) is 21.8. The van der Waals surface area contributed by atoms with Gasteiger partial charge in [0.2, 0.25) is 11.8 Å². The minimum absolute atomic E-state index is 0.102. The number of carbonyl (C=O) groups is 2. The number of thioether (sulfide) groups is 1. The first-order valence-corrected chi connectivity index (χ1v) is 11.6. The van der Waals surface area contributed by atoms with Crippen molar-refractivity contribution in [1.29, 1.82) is 0 Å². The summed E-state index contributed by atoms with van der Waals surface area (Å²) in [5.41, 5.74) is 1.74. The molecule has 7 nitrogen and oxygen atoms in total. The predicted molar refractivity (Wildman–Crippen MR) is 121 cm³/mol. The zero-order valence-corrected chi connectivity index (χ0v) is 18.7. The zero-order valence-electron chi connectivity index (χ0n) is 17.9. The van der Waals surface area contributed by atoms with E-state index in [-0.39, 0.29) is 24.1 Å². The summed E-state index contributed by atoms with van der Waals surface area (Å²) in [6, 6.07) is 11.4. The fourth-order valence-electron chi connectivity index (χ4n) is 4.20. The number of amides is 2. The van der Waals surface area contributed by atoms with Crippen LogP contribution in [0.5, 0.6) is 0 Å². The normalized spacial score (nSPS) is 19.0. The summed E-state index contributed by atoms with van der Waals surface area (Å²) >= 11 is 1.35. The summed E-state index contributed by atoms with van der Waals surface area (Å²) in [5, 5.41) is 3.53. The fraction of sp³-hybridized carbons (Fsp3) is 0.435. The van der Waals surface area contributed by atoms with Crippen LogP contribution < -0.4 is 5.32 Å². The summed E-state index contributed by atoms with van der Waals surface area (Å²) in [5.74, 6) is 1.95. The number of aromatic nitrogens is 2. The number of piperidine rings is 1. The van der Waals surface area contributed by atoms with Crippen LogP contribution in [0.2, 0.25) is 0 Å². The van der Waals surface area contributed by atoms with Crippen molar-refractivity contribution in [3.8, 4) is 0 Å². The molecule has 0 spiro atoms. The Labute approximate surface area is 186 Å². The molecule has 3 aromatic rings. The first kappa shape index (κ1) is 21.5. The van der Waals surface area contributed by atoms with Gasteiger partial charge >= 0.3 is 0 Å². The number of carbonyl (C=O) groups excluding carboxylic acids is 2. The maximum Gasteiger partial charge on any atom is 0.242 e. The molecule has 8 heteroatoms. The monoisotopic (exact) mass is 440 g/mol. The molecule has 1 aliphatic rings. The molecule has 1 N–H and O–H groups in total. The Balaban J connectivity index is 1.45. The van der Waals surface area contributed by atoms with Crippen LogP contribution in [0, 0.1) is 11.8 Å². The van der Waals surface area contributed by atoms with Crippen molar-refractivity contribution in [2.75, 3.05) is 18.8 Å². The molecule has 2 atom stereocenters. The van der Waals surface area contributed by atoms with Crippen LogP contribution in [0.15, 0.2) is 52.2 Å². The summed E-state index contributed by atoms with van der Waals surface area (Å²) in [7, 11) is 0. The molecule has 0 unspecified atom stereocenters. The van der Waals surface area contributed by atoms with Crippen LogP contribution in [0.4, 0.5) is 0 Å². The van der Waals surface area contributed by atoms with Crippen molar-refractivity contribution in [3.05, 3.63) is 48.4 Å². The molecule has 1 saturated heterocycles. The number of imidazole rings is 1. The second-order valence-electron chi connectivity index (χ2n) is 8.36. The van der Waals surface area contributed by atoms with Crippen molar-refractivity contribution < 1.29 is 14.0 Å². The lowest BCUT2D eigenvalue weighted by Gasteiger charge is -2.35. The first-order chi connectivity index (χ1) is 15.0. The second kappa shape index (κ2) is 9.60. The molecular weight excluding hydrogens is 412 g/mol. The Morgan fingerprint density at radius 1 is 1.16 bits per heavy atom. The van der Waals surface area contributed by atoms with Gasteiger partial charge in [-0.1, -0.05) is 37.7 Å². The minimum Gasteiger partial charge on any atom is -0.467 e. The van der Waals surface area contributed by atoms with Crippen LogP contribution in [0.25, 0.3) is 11.0 Å². The summed E-state index contributed by atoms with van der Waals surface area (Å²) < 4.78 is 7.18. The van der Waals surface area contributed by atoms with E-state index in [4.69, 9.17) is 4.42 Å². The molecule has 0 radical (unpaired) electrons. The Morgan fingerprint density at radius 3 is 2.68 bits per heavy atom. The van der Waals surface area contributed by atoms with E-state index in [2.05, 4.69) is 24.1 Å². The van der Waals surface area contributed by atoms with E-state index in [0.29, 0.717) is 29.3 Å². The summed E-state index contributed by atoms with van der Waals surface area (Å²) in [6.07, 6.45) is 2.74. The number of rotatable bonds is 7. The van der Waals surface area contributed by atoms with Gasteiger partial charge in [-0.15, -0.1) is 0 Å². The maximum absolute atomic E-state index is 13.1. The number of hydrogen-bond acceptors (Lipinski definition) is 5. The van der Waals surface area contributed by atoms with Crippen LogP contribution in [0.1, 0.15) is 26.0 Å². The van der Waals surface area contributed by atoms with Crippen molar-refractivity contribution in [2.24, 2.45) is 11.8 Å². The smallest absolute Gasteiger partial charge is 0.242 e. The van der Waals surface area contributed by atoms with E-state index in [0.717, 1.165) is 30.5 Å². The Hall–Kier alpha value is -2.74. The highest BCUT2D eigenvalue weighted by atomic mass is 32.2. The Kier molecular flexibility index (Phi) is 6.65. The van der Waals surface area contributed by atoms with Gasteiger partial charge in [0.1, 0.15) is 12.3 Å². The van der Waals surface area contributed by atoms with Gasteiger partial charge in [-0.3, -0.25) is 9.59 Å². The molecule has 31 heavy (non-hydrogen) atoms. The minimum atomic E-state index is -0.106. The van der Waals surface area contributed by atoms with Crippen molar-refractivity contribution in [3.63, 3.8) is 0 Å². The number of hydrogen-bond donors (Lipinski definition) is 1. The SMILES string of the molecule is C[C@H]1C[C@H](C)CN(C(=O)Cn2c(SCC(=O)NCc3ccco3)nc3ccccc32)C1. The fourth-order valence-corrected chi connectivity index (χ4v) is 5.04. The molecular formula is C23H28N4O3S. The molecule has 1 fully saturated rings. The van der Waals surface area contributed by atoms with E-state index >= 15 is 0 Å². The molecule has 164 valence electrons. The number of likely N-dealkylation sites (tertiary alicyclic amines) is 1. The van der Waals surface area contributed by atoms with E-state index < -0.39 is 0 Å². The molecule has 1 aromatic carbocycles. The highest BCUT2D eigenvalue weighted by Gasteiger charge is 2.26. The van der Waals surface area contributed by atoms with Crippen LogP contribution in [0.3, 0.4) is 0 Å². The highest BCUT2D eigenvalue weighted by molar-refractivity contribution is 7.99. The largest absolute Gasteiger partial charge is 0.467 e. The summed E-state index contributed by atoms with van der Waals surface area (Å²) in [6.45, 7) is 6.58. The Bertz CT molecular complexity index is 1040. The standard InChI is InChI=1S/C23H28N4O3S/c1-16-10-17(2)13-26(12-16)22(29)14-27-20-8-4-3-7-19(20)25-23(27)31-15-21(28)24-11-18-6-5-9-30-18/h3-9,16-17H,10-15H2,1-2H3,(H,24,28)/t16-,17-/m0/s1. The van der Waals surface area contributed by atoms with E-state index in [1.54, 1.807) is 12.3 Å². The predicted octanol–water partition coefficient (Wildman–Crippen LogP) is 3.54. The van der Waals surface area contributed by atoms with E-state index in [9.17, 15) is 9.59 Å². The third-order valence-electron chi connectivity index (χ3n) is 5.51. The maximum atomic E-state index is 13.1. The van der Waals surface area contributed by atoms with Gasteiger partial charge in [0.15, 0.2) is 5.16 Å². The number of nitrogens with one attached hydrogen (secondary N) is 1. The first-order valence-electron chi connectivity index (χ1n) is 10.6. The average Bonchev–Trinajstić information content (AvgIpc) is 3.38. The number of para-hydroxylation sites is 2. The third kappa shape index (κ3) is 5.31. The van der Waals surface area contributed by atoms with Crippen LogP contribution in [-0.4, -0.2) is 45.1 Å². The number of fused-ring (bicyclic) bond motifs is 1. The topological polar surface area (TPSA) is 80.4 Å². The van der Waals surface area contributed by atoms with Gasteiger partial charge in [-0.25, -0.2) is 4.98 Å². The number of nitrogens with zero attached hydrogens (tertiary/aromatic N) is 3. The van der Waals surface area contributed by atoms with Crippen molar-refractivity contribution >= 4 is 34.6 Å². The number of furan rings is 1. The highest BCUT2D eigenvalue weighted by Crippen LogP contribution is 2.26. The van der Waals surface area contributed by atoms with Gasteiger partial charge in [0.25, 0.3) is 0 Å². The van der Waals surface area contributed by atoms with Gasteiger partial charge in [0, 0.05) is 13.1 Å². The lowest BCUT2D eigenvalue weighted by molar-refractivity contribution is -0.134. The van der Waals surface area contributed by atoms with E-state index in [1.807, 2.05) is 39.8 Å². The lowest BCUT2D eigenvalue weighted by Crippen LogP contribution is -2.44. The van der Waals surface area contributed by atoms with Gasteiger partial charge in [0.05, 0.1) is 29.6 Å². The van der Waals surface area contributed by atoms with Crippen molar-refractivity contribution in [2.45, 2.75) is 38.5 Å². The van der Waals surface area contributed by atoms with Crippen LogP contribution >= 0.6 is 11.8 Å². The molecule has 1 aliphatic heterocycles. The van der Waals surface area contributed by atoms with Gasteiger partial charge in [-0.2, -0.15) is 0 Å². The average molecular weight is 441 g/mol. The molecule has 0 aliphatic carbocycles. The molecule has 0 bridgehead atoms. The van der Waals surface area contributed by atoms with Gasteiger partial charge in [-0.05, 0) is 42.5 Å². The molecule has 4 rings (SSSR count). The number of benzene rings is 1. The molecule has 2 amide bonds. The third-order valence-corrected chi connectivity index (χ3v) is 6.48. The van der Waals surface area contributed by atoms with E-state index in [1.165, 1.54) is 11.8 Å². The quantitative estimate of drug-likeness (QED) is 0.569. The summed E-state index contributed by atoms with van der Waals surface area (Å²) in [4.78, 5) is 32.0. The molecule has 3 heterocycles. The molecule has 0 saturated carbocycles.